The molecule has 0 aliphatic carbocycles. The molecule has 0 aliphatic rings. The minimum atomic E-state index is -2.01. The van der Waals surface area contributed by atoms with E-state index in [2.05, 4.69) is 27.7 Å². The van der Waals surface area contributed by atoms with Gasteiger partial charge in [-0.2, -0.15) is 0 Å². The lowest BCUT2D eigenvalue weighted by Gasteiger charge is -2.34. The Balaban J connectivity index is 3.96. The van der Waals surface area contributed by atoms with Gasteiger partial charge in [0.1, 0.15) is 0 Å². The summed E-state index contributed by atoms with van der Waals surface area (Å²) in [5, 5.41) is 0.0371. The number of carbonyl (C=O) groups is 1. The Bertz CT molecular complexity index is 219. The molecule has 0 amide bonds. The number of unbranched alkanes of at least 4 members (excludes halogenated alkanes) is 2. The van der Waals surface area contributed by atoms with E-state index in [1.807, 2.05) is 13.1 Å². The van der Waals surface area contributed by atoms with E-state index in [9.17, 15) is 4.79 Å². The van der Waals surface area contributed by atoms with E-state index >= 15 is 0 Å². The van der Waals surface area contributed by atoms with E-state index in [0.717, 1.165) is 19.3 Å². The van der Waals surface area contributed by atoms with E-state index in [1.54, 1.807) is 0 Å². The highest BCUT2D eigenvalue weighted by molar-refractivity contribution is 6.75. The van der Waals surface area contributed by atoms with E-state index < -0.39 is 14.5 Å². The molecule has 0 radical (unpaired) electrons. The van der Waals surface area contributed by atoms with Crippen molar-refractivity contribution in [1.29, 1.82) is 0 Å². The van der Waals surface area contributed by atoms with Gasteiger partial charge in [-0.15, -0.1) is 0 Å². The van der Waals surface area contributed by atoms with Crippen LogP contribution in [-0.2, 0) is 9.16 Å². The van der Waals surface area contributed by atoms with E-state index in [-0.39, 0.29) is 5.04 Å². The van der Waals surface area contributed by atoms with Crippen molar-refractivity contribution in [2.24, 2.45) is 0 Å². The third-order valence-corrected chi connectivity index (χ3v) is 7.40. The fourth-order valence-corrected chi connectivity index (χ4v) is 1.68. The van der Waals surface area contributed by atoms with Crippen LogP contribution in [0.2, 0.25) is 18.1 Å². The third kappa shape index (κ3) is 5.54. The molecule has 96 valence electrons. The van der Waals surface area contributed by atoms with Crippen LogP contribution in [0.5, 0.6) is 0 Å². The molecule has 0 aliphatic heterocycles. The summed E-state index contributed by atoms with van der Waals surface area (Å²) in [6.07, 6.45) is 2.64. The predicted octanol–water partition coefficient (Wildman–Crippen LogP) is 4.34. The van der Waals surface area contributed by atoms with Crippen LogP contribution in [0, 0.1) is 0 Å². The highest BCUT2D eigenvalue weighted by Gasteiger charge is 2.40. The Morgan fingerprint density at radius 2 is 1.75 bits per heavy atom. The van der Waals surface area contributed by atoms with Crippen LogP contribution in [0.3, 0.4) is 0 Å². The molecule has 4 heteroatoms. The fourth-order valence-electron chi connectivity index (χ4n) is 0.898. The summed E-state index contributed by atoms with van der Waals surface area (Å²) in [7, 11) is -2.01. The summed E-state index contributed by atoms with van der Waals surface area (Å²) in [4.78, 5) is 11.5. The van der Waals surface area contributed by atoms with Crippen LogP contribution in [0.25, 0.3) is 0 Å². The molecule has 3 nitrogen and oxygen atoms in total. The first-order valence-corrected chi connectivity index (χ1v) is 8.97. The Kier molecular flexibility index (Phi) is 6.08. The summed E-state index contributed by atoms with van der Waals surface area (Å²) in [6.45, 7) is 13.0. The van der Waals surface area contributed by atoms with E-state index in [4.69, 9.17) is 9.16 Å². The summed E-state index contributed by atoms with van der Waals surface area (Å²) < 4.78 is 10.5. The first kappa shape index (κ1) is 15.5. The molecule has 0 N–H and O–H groups in total. The van der Waals surface area contributed by atoms with Crippen LogP contribution < -0.4 is 0 Å². The Morgan fingerprint density at radius 1 is 1.19 bits per heavy atom. The Labute approximate surface area is 101 Å². The standard InChI is InChI=1S/C12H26O3Si/c1-7-8-9-10-14-11(13)15-16(5,6)12(2,3)4/h7-10H2,1-6H3. The second kappa shape index (κ2) is 6.28. The molecule has 0 saturated carbocycles. The molecule has 0 unspecified atom stereocenters. The molecule has 0 aromatic rings. The number of hydrogen-bond acceptors (Lipinski definition) is 3. The van der Waals surface area contributed by atoms with Crippen molar-refractivity contribution in [1.82, 2.24) is 0 Å². The summed E-state index contributed by atoms with van der Waals surface area (Å²) in [5.41, 5.74) is 0. The molecule has 0 aromatic heterocycles. The number of rotatable bonds is 5. The smallest absolute Gasteiger partial charge is 0.489 e. The van der Waals surface area contributed by atoms with Gasteiger partial charge >= 0.3 is 6.16 Å². The zero-order valence-electron chi connectivity index (χ0n) is 11.6. The van der Waals surface area contributed by atoms with Gasteiger partial charge < -0.3 is 9.16 Å². The molecule has 0 bridgehead atoms. The predicted molar refractivity (Wildman–Crippen MR) is 69.2 cm³/mol. The first-order valence-electron chi connectivity index (χ1n) is 6.06. The topological polar surface area (TPSA) is 35.5 Å². The monoisotopic (exact) mass is 246 g/mol. The summed E-state index contributed by atoms with van der Waals surface area (Å²) >= 11 is 0. The Morgan fingerprint density at radius 3 is 2.19 bits per heavy atom. The molecule has 0 saturated heterocycles. The average molecular weight is 246 g/mol. The zero-order valence-corrected chi connectivity index (χ0v) is 12.6. The minimum Gasteiger partial charge on any atom is -0.489 e. The van der Waals surface area contributed by atoms with Gasteiger partial charge in [0.25, 0.3) is 8.32 Å². The van der Waals surface area contributed by atoms with Gasteiger partial charge in [-0.05, 0) is 24.6 Å². The lowest BCUT2D eigenvalue weighted by atomic mass is 10.2. The lowest BCUT2D eigenvalue weighted by Crippen LogP contribution is -2.42. The van der Waals surface area contributed by atoms with E-state index in [1.165, 1.54) is 0 Å². The maximum Gasteiger partial charge on any atom is 0.494 e. The third-order valence-electron chi connectivity index (χ3n) is 3.11. The Hall–Kier alpha value is -0.513. The maximum absolute atomic E-state index is 11.5. The van der Waals surface area contributed by atoms with Gasteiger partial charge in [-0.1, -0.05) is 40.5 Å². The van der Waals surface area contributed by atoms with Crippen molar-refractivity contribution in [3.05, 3.63) is 0 Å². The van der Waals surface area contributed by atoms with Crippen molar-refractivity contribution in [3.63, 3.8) is 0 Å². The van der Waals surface area contributed by atoms with Crippen LogP contribution in [0.15, 0.2) is 0 Å². The highest BCUT2D eigenvalue weighted by Crippen LogP contribution is 2.36. The quantitative estimate of drug-likeness (QED) is 0.411. The van der Waals surface area contributed by atoms with Crippen molar-refractivity contribution >= 4 is 14.5 Å². The SMILES string of the molecule is CCCCCOC(=O)O[Si](C)(C)C(C)(C)C. The molecule has 0 heterocycles. The van der Waals surface area contributed by atoms with Gasteiger partial charge in [0.05, 0.1) is 6.61 Å². The van der Waals surface area contributed by atoms with Gasteiger partial charge in [0.15, 0.2) is 0 Å². The molecule has 0 rings (SSSR count). The molecule has 0 aromatic carbocycles. The minimum absolute atomic E-state index is 0.0371. The fraction of sp³-hybridized carbons (Fsp3) is 0.917. The molecular formula is C12H26O3Si. The molecule has 0 atom stereocenters. The van der Waals surface area contributed by atoms with Gasteiger partial charge in [-0.3, -0.25) is 0 Å². The summed E-state index contributed by atoms with van der Waals surface area (Å²) in [5.74, 6) is 0. The van der Waals surface area contributed by atoms with Gasteiger partial charge in [-0.25, -0.2) is 4.79 Å². The summed E-state index contributed by atoms with van der Waals surface area (Å²) in [6, 6.07) is 0. The van der Waals surface area contributed by atoms with Crippen molar-refractivity contribution in [3.8, 4) is 0 Å². The van der Waals surface area contributed by atoms with Crippen LogP contribution in [0.1, 0.15) is 47.0 Å². The number of carbonyl (C=O) groups excluding carboxylic acids is 1. The largest absolute Gasteiger partial charge is 0.494 e. The van der Waals surface area contributed by atoms with Crippen LogP contribution in [-0.4, -0.2) is 21.1 Å². The average Bonchev–Trinajstić information content (AvgIpc) is 2.10. The molecular weight excluding hydrogens is 220 g/mol. The van der Waals surface area contributed by atoms with Crippen LogP contribution >= 0.6 is 0 Å². The van der Waals surface area contributed by atoms with Gasteiger partial charge in [0.2, 0.25) is 0 Å². The maximum atomic E-state index is 11.5. The van der Waals surface area contributed by atoms with Crippen molar-refractivity contribution < 1.29 is 14.0 Å². The number of hydrogen-bond donors (Lipinski definition) is 0. The first-order chi connectivity index (χ1) is 7.20. The van der Waals surface area contributed by atoms with Crippen molar-refractivity contribution in [2.75, 3.05) is 6.61 Å². The second-order valence-corrected chi connectivity index (χ2v) is 10.4. The molecule has 0 spiro atoms. The molecule has 16 heavy (non-hydrogen) atoms. The van der Waals surface area contributed by atoms with Gasteiger partial charge in [0, 0.05) is 0 Å². The second-order valence-electron chi connectivity index (χ2n) is 5.67. The zero-order chi connectivity index (χ0) is 12.8. The van der Waals surface area contributed by atoms with E-state index in [0.29, 0.717) is 6.61 Å². The normalized spacial score (nSPS) is 12.4. The number of ether oxygens (including phenoxy) is 1. The molecule has 0 fully saturated rings. The highest BCUT2D eigenvalue weighted by atomic mass is 28.4. The lowest BCUT2D eigenvalue weighted by molar-refractivity contribution is 0.0929. The van der Waals surface area contributed by atoms with Crippen LogP contribution in [0.4, 0.5) is 4.79 Å². The van der Waals surface area contributed by atoms with Crippen molar-refractivity contribution in [2.45, 2.75) is 65.1 Å².